The molecular weight excluding hydrogens is 266 g/mol. The molecule has 1 aromatic rings. The first-order chi connectivity index (χ1) is 9.43. The number of nitrogens with one attached hydrogen (secondary N) is 2. The molecule has 20 heavy (non-hydrogen) atoms. The first-order valence-corrected chi connectivity index (χ1v) is 5.64. The average molecular weight is 281 g/mol. The molecule has 0 unspecified atom stereocenters. The summed E-state index contributed by atoms with van der Waals surface area (Å²) in [5.41, 5.74) is 6.10. The minimum atomic E-state index is -1.16. The van der Waals surface area contributed by atoms with Gasteiger partial charge in [-0.2, -0.15) is 0 Å². The van der Waals surface area contributed by atoms with E-state index in [2.05, 4.69) is 10.6 Å². The summed E-state index contributed by atoms with van der Waals surface area (Å²) < 4.78 is 4.95. The normalized spacial score (nSPS) is 9.65. The molecule has 0 spiro atoms. The molecule has 0 atom stereocenters. The van der Waals surface area contributed by atoms with E-state index in [0.717, 1.165) is 0 Å². The van der Waals surface area contributed by atoms with Crippen LogP contribution < -0.4 is 21.1 Å². The predicted octanol–water partition coefficient (Wildman–Crippen LogP) is -0.792. The second-order valence-corrected chi connectivity index (χ2v) is 3.81. The molecule has 1 rings (SSSR count). The zero-order chi connectivity index (χ0) is 15.1. The summed E-state index contributed by atoms with van der Waals surface area (Å²) in [6.45, 7) is -0.836. The van der Waals surface area contributed by atoms with Gasteiger partial charge in [0, 0.05) is 11.8 Å². The number of carbonyl (C=O) groups is 3. The van der Waals surface area contributed by atoms with Crippen molar-refractivity contribution < 1.29 is 24.2 Å². The fourth-order valence-electron chi connectivity index (χ4n) is 1.37. The number of carboxylic acids is 1. The van der Waals surface area contributed by atoms with Crippen LogP contribution in [0.25, 0.3) is 0 Å². The number of ether oxygens (including phenoxy) is 1. The van der Waals surface area contributed by atoms with Crippen molar-refractivity contribution in [2.45, 2.75) is 0 Å². The Bertz CT molecular complexity index is 530. The van der Waals surface area contributed by atoms with Crippen LogP contribution in [-0.4, -0.2) is 43.1 Å². The molecule has 1 aromatic carbocycles. The van der Waals surface area contributed by atoms with Gasteiger partial charge < -0.3 is 26.2 Å². The lowest BCUT2D eigenvalue weighted by atomic mass is 10.1. The molecule has 2 amide bonds. The largest absolute Gasteiger partial charge is 0.497 e. The predicted molar refractivity (Wildman–Crippen MR) is 70.4 cm³/mol. The Morgan fingerprint density at radius 2 is 1.95 bits per heavy atom. The Morgan fingerprint density at radius 3 is 2.50 bits per heavy atom. The summed E-state index contributed by atoms with van der Waals surface area (Å²) in [5, 5.41) is 12.8. The molecule has 0 fully saturated rings. The number of carboxylic acid groups (broad SMARTS) is 1. The standard InChI is InChI=1S/C12H15N3O5/c1-20-7-2-3-8(9(13)4-7)12(19)15-5-10(16)14-6-11(17)18/h2-4H,5-6,13H2,1H3,(H,14,16)(H,15,19)(H,17,18). The molecule has 0 heterocycles. The SMILES string of the molecule is COc1ccc(C(=O)NCC(=O)NCC(=O)O)c(N)c1. The summed E-state index contributed by atoms with van der Waals surface area (Å²) in [5.74, 6) is -1.79. The van der Waals surface area contributed by atoms with E-state index in [0.29, 0.717) is 5.75 Å². The number of aliphatic carboxylic acids is 1. The minimum absolute atomic E-state index is 0.205. The van der Waals surface area contributed by atoms with Crippen molar-refractivity contribution in [2.75, 3.05) is 25.9 Å². The number of benzene rings is 1. The monoisotopic (exact) mass is 281 g/mol. The number of hydrogen-bond donors (Lipinski definition) is 4. The highest BCUT2D eigenvalue weighted by Gasteiger charge is 2.12. The van der Waals surface area contributed by atoms with Crippen LogP contribution in [0.4, 0.5) is 5.69 Å². The lowest BCUT2D eigenvalue weighted by Crippen LogP contribution is -2.39. The van der Waals surface area contributed by atoms with Crippen molar-refractivity contribution in [3.63, 3.8) is 0 Å². The number of nitrogen functional groups attached to an aromatic ring is 1. The highest BCUT2D eigenvalue weighted by molar-refractivity contribution is 6.01. The van der Waals surface area contributed by atoms with Gasteiger partial charge in [0.25, 0.3) is 5.91 Å². The van der Waals surface area contributed by atoms with Gasteiger partial charge in [0.05, 0.1) is 19.2 Å². The minimum Gasteiger partial charge on any atom is -0.497 e. The summed E-state index contributed by atoms with van der Waals surface area (Å²) in [6.07, 6.45) is 0. The first kappa shape index (κ1) is 15.3. The van der Waals surface area contributed by atoms with E-state index >= 15 is 0 Å². The van der Waals surface area contributed by atoms with Crippen LogP contribution in [0.15, 0.2) is 18.2 Å². The summed E-state index contributed by atoms with van der Waals surface area (Å²) >= 11 is 0. The van der Waals surface area contributed by atoms with Crippen LogP contribution in [0.3, 0.4) is 0 Å². The van der Waals surface area contributed by atoms with Gasteiger partial charge in [-0.25, -0.2) is 0 Å². The Kier molecular flexibility index (Phi) is 5.33. The Balaban J connectivity index is 2.55. The number of methoxy groups -OCH3 is 1. The third-order valence-corrected chi connectivity index (χ3v) is 2.35. The zero-order valence-electron chi connectivity index (χ0n) is 10.8. The molecule has 5 N–H and O–H groups in total. The van der Waals surface area contributed by atoms with Gasteiger partial charge in [-0.3, -0.25) is 14.4 Å². The average Bonchev–Trinajstić information content (AvgIpc) is 2.42. The van der Waals surface area contributed by atoms with Crippen molar-refractivity contribution in [1.82, 2.24) is 10.6 Å². The molecule has 0 aliphatic carbocycles. The van der Waals surface area contributed by atoms with E-state index in [1.165, 1.54) is 19.2 Å². The topological polar surface area (TPSA) is 131 Å². The number of anilines is 1. The molecule has 8 nitrogen and oxygen atoms in total. The van der Waals surface area contributed by atoms with Crippen LogP contribution in [-0.2, 0) is 9.59 Å². The van der Waals surface area contributed by atoms with Crippen molar-refractivity contribution >= 4 is 23.5 Å². The van der Waals surface area contributed by atoms with Crippen molar-refractivity contribution in [2.24, 2.45) is 0 Å². The lowest BCUT2D eigenvalue weighted by molar-refractivity contribution is -0.137. The highest BCUT2D eigenvalue weighted by Crippen LogP contribution is 2.19. The summed E-state index contributed by atoms with van der Waals surface area (Å²) in [6, 6.07) is 4.52. The third kappa shape index (κ3) is 4.48. The zero-order valence-corrected chi connectivity index (χ0v) is 10.8. The molecule has 0 aliphatic rings. The Labute approximate surface area is 114 Å². The maximum absolute atomic E-state index is 11.8. The van der Waals surface area contributed by atoms with E-state index in [-0.39, 0.29) is 17.8 Å². The van der Waals surface area contributed by atoms with Crippen molar-refractivity contribution in [3.8, 4) is 5.75 Å². The number of hydrogen-bond acceptors (Lipinski definition) is 5. The van der Waals surface area contributed by atoms with Gasteiger partial charge in [-0.05, 0) is 12.1 Å². The van der Waals surface area contributed by atoms with E-state index in [9.17, 15) is 14.4 Å². The van der Waals surface area contributed by atoms with Gasteiger partial charge in [-0.1, -0.05) is 0 Å². The molecule has 0 saturated heterocycles. The molecule has 0 radical (unpaired) electrons. The van der Waals surface area contributed by atoms with Crippen molar-refractivity contribution in [1.29, 1.82) is 0 Å². The number of carbonyl (C=O) groups excluding carboxylic acids is 2. The molecule has 0 aromatic heterocycles. The van der Waals surface area contributed by atoms with Gasteiger partial charge >= 0.3 is 5.97 Å². The van der Waals surface area contributed by atoms with Crippen LogP contribution in [0.5, 0.6) is 5.75 Å². The molecular formula is C12H15N3O5. The second-order valence-electron chi connectivity index (χ2n) is 3.81. The van der Waals surface area contributed by atoms with Crippen LogP contribution in [0.2, 0.25) is 0 Å². The van der Waals surface area contributed by atoms with Crippen LogP contribution in [0.1, 0.15) is 10.4 Å². The van der Waals surface area contributed by atoms with E-state index in [1.807, 2.05) is 0 Å². The molecule has 0 bridgehead atoms. The lowest BCUT2D eigenvalue weighted by Gasteiger charge is -2.08. The smallest absolute Gasteiger partial charge is 0.322 e. The van der Waals surface area contributed by atoms with E-state index in [4.69, 9.17) is 15.6 Å². The molecule has 8 heteroatoms. The summed E-state index contributed by atoms with van der Waals surface area (Å²) in [4.78, 5) is 33.2. The maximum atomic E-state index is 11.8. The fraction of sp³-hybridized carbons (Fsp3) is 0.250. The van der Waals surface area contributed by atoms with Gasteiger partial charge in [0.2, 0.25) is 5.91 Å². The fourth-order valence-corrected chi connectivity index (χ4v) is 1.37. The van der Waals surface area contributed by atoms with Gasteiger partial charge in [0.15, 0.2) is 0 Å². The van der Waals surface area contributed by atoms with Crippen LogP contribution >= 0.6 is 0 Å². The van der Waals surface area contributed by atoms with Gasteiger partial charge in [0.1, 0.15) is 12.3 Å². The number of rotatable bonds is 6. The van der Waals surface area contributed by atoms with Crippen LogP contribution in [0, 0.1) is 0 Å². The Morgan fingerprint density at radius 1 is 1.25 bits per heavy atom. The highest BCUT2D eigenvalue weighted by atomic mass is 16.5. The first-order valence-electron chi connectivity index (χ1n) is 5.64. The molecule has 0 aliphatic heterocycles. The van der Waals surface area contributed by atoms with Gasteiger partial charge in [-0.15, -0.1) is 0 Å². The quantitative estimate of drug-likeness (QED) is 0.505. The second kappa shape index (κ2) is 6.98. The Hall–Kier alpha value is -2.77. The maximum Gasteiger partial charge on any atom is 0.322 e. The number of amides is 2. The van der Waals surface area contributed by atoms with Crippen molar-refractivity contribution in [3.05, 3.63) is 23.8 Å². The number of nitrogens with two attached hydrogens (primary N) is 1. The summed E-state index contributed by atoms with van der Waals surface area (Å²) in [7, 11) is 1.47. The molecule has 108 valence electrons. The third-order valence-electron chi connectivity index (χ3n) is 2.35. The van der Waals surface area contributed by atoms with E-state index in [1.54, 1.807) is 6.07 Å². The molecule has 0 saturated carbocycles. The van der Waals surface area contributed by atoms with E-state index < -0.39 is 24.3 Å².